The largest absolute Gasteiger partial charge is 0.481 e. The molecule has 1 aliphatic heterocycles. The zero-order valence-corrected chi connectivity index (χ0v) is 15.4. The molecule has 4 N–H and O–H groups in total. The number of aliphatic carboxylic acids is 1. The van der Waals surface area contributed by atoms with E-state index in [0.29, 0.717) is 32.2 Å². The predicted octanol–water partition coefficient (Wildman–Crippen LogP) is 2.39. The van der Waals surface area contributed by atoms with E-state index in [1.165, 1.54) is 0 Å². The molecule has 0 saturated carbocycles. The van der Waals surface area contributed by atoms with Crippen LogP contribution in [0, 0.1) is 6.92 Å². The molecule has 2 amide bonds. The highest BCUT2D eigenvalue weighted by atomic mass is 16.4. The summed E-state index contributed by atoms with van der Waals surface area (Å²) in [5.41, 5.74) is 2.61. The third-order valence-electron chi connectivity index (χ3n) is 5.19. The summed E-state index contributed by atoms with van der Waals surface area (Å²) in [6.45, 7) is 2.44. The van der Waals surface area contributed by atoms with E-state index in [9.17, 15) is 14.4 Å². The van der Waals surface area contributed by atoms with Gasteiger partial charge in [0.05, 0.1) is 0 Å². The van der Waals surface area contributed by atoms with Gasteiger partial charge in [-0.1, -0.05) is 6.07 Å². The molecule has 1 fully saturated rings. The second kappa shape index (κ2) is 7.82. The number of benzene rings is 1. The van der Waals surface area contributed by atoms with Gasteiger partial charge in [-0.15, -0.1) is 0 Å². The molecule has 1 atom stereocenters. The van der Waals surface area contributed by atoms with Crippen LogP contribution in [0.4, 0.5) is 0 Å². The Bertz CT molecular complexity index is 873. The normalized spacial score (nSPS) is 19.2. The monoisotopic (exact) mass is 371 g/mol. The van der Waals surface area contributed by atoms with Crippen LogP contribution in [0.5, 0.6) is 0 Å². The van der Waals surface area contributed by atoms with Crippen molar-refractivity contribution in [1.82, 2.24) is 15.6 Å². The van der Waals surface area contributed by atoms with Crippen LogP contribution in [0.1, 0.15) is 49.8 Å². The smallest absolute Gasteiger partial charge is 0.303 e. The Labute approximate surface area is 157 Å². The fourth-order valence-electron chi connectivity index (χ4n) is 3.70. The van der Waals surface area contributed by atoms with Crippen molar-refractivity contribution in [2.75, 3.05) is 0 Å². The molecule has 27 heavy (non-hydrogen) atoms. The number of hydrogen-bond donors (Lipinski definition) is 4. The van der Waals surface area contributed by atoms with E-state index in [0.717, 1.165) is 22.2 Å². The number of carboxylic acid groups (broad SMARTS) is 1. The molecule has 0 radical (unpaired) electrons. The van der Waals surface area contributed by atoms with E-state index >= 15 is 0 Å². The number of aryl methyl sites for hydroxylation is 1. The summed E-state index contributed by atoms with van der Waals surface area (Å²) in [7, 11) is 0. The molecule has 1 saturated heterocycles. The highest BCUT2D eigenvalue weighted by Crippen LogP contribution is 2.30. The number of amides is 2. The number of H-pyrrole nitrogens is 1. The predicted molar refractivity (Wildman–Crippen MR) is 101 cm³/mol. The van der Waals surface area contributed by atoms with E-state index < -0.39 is 11.5 Å². The summed E-state index contributed by atoms with van der Waals surface area (Å²) < 4.78 is 0. The lowest BCUT2D eigenvalue weighted by Gasteiger charge is -2.28. The van der Waals surface area contributed by atoms with Gasteiger partial charge in [0.2, 0.25) is 11.8 Å². The van der Waals surface area contributed by atoms with E-state index in [1.807, 2.05) is 25.1 Å². The zero-order valence-electron chi connectivity index (χ0n) is 15.4. The Kier molecular flexibility index (Phi) is 5.48. The first-order valence-corrected chi connectivity index (χ1v) is 9.23. The molecule has 2 aromatic rings. The number of aromatic amines is 1. The maximum absolute atomic E-state index is 12.3. The van der Waals surface area contributed by atoms with Crippen LogP contribution in [0.25, 0.3) is 10.9 Å². The lowest BCUT2D eigenvalue weighted by Crippen LogP contribution is -2.43. The van der Waals surface area contributed by atoms with Gasteiger partial charge in [-0.25, -0.2) is 0 Å². The Morgan fingerprint density at radius 1 is 1.22 bits per heavy atom. The van der Waals surface area contributed by atoms with E-state index in [-0.39, 0.29) is 24.7 Å². The SMILES string of the molecule is Cc1cc2cc(CNC(=O)CC[C@@]3(CCC(=O)O)CCC(=O)N3)ccc2[nH]1. The molecule has 1 aliphatic rings. The minimum absolute atomic E-state index is 0.0159. The zero-order chi connectivity index (χ0) is 19.4. The van der Waals surface area contributed by atoms with Crippen molar-refractivity contribution in [3.8, 4) is 0 Å². The number of carbonyl (C=O) groups excluding carboxylic acids is 2. The molecular weight excluding hydrogens is 346 g/mol. The molecule has 1 aromatic heterocycles. The number of nitrogens with one attached hydrogen (secondary N) is 3. The molecule has 7 nitrogen and oxygen atoms in total. The maximum atomic E-state index is 12.3. The van der Waals surface area contributed by atoms with Crippen LogP contribution < -0.4 is 10.6 Å². The highest BCUT2D eigenvalue weighted by Gasteiger charge is 2.37. The summed E-state index contributed by atoms with van der Waals surface area (Å²) in [5.74, 6) is -1.07. The third kappa shape index (κ3) is 4.87. The molecule has 0 bridgehead atoms. The van der Waals surface area contributed by atoms with Crippen molar-refractivity contribution in [2.45, 2.75) is 57.5 Å². The quantitative estimate of drug-likeness (QED) is 0.571. The number of fused-ring (bicyclic) bond motifs is 1. The lowest BCUT2D eigenvalue weighted by atomic mass is 9.86. The topological polar surface area (TPSA) is 111 Å². The van der Waals surface area contributed by atoms with Gasteiger partial charge in [0.15, 0.2) is 0 Å². The van der Waals surface area contributed by atoms with E-state index in [2.05, 4.69) is 21.7 Å². The van der Waals surface area contributed by atoms with E-state index in [4.69, 9.17) is 5.11 Å². The molecule has 0 unspecified atom stereocenters. The van der Waals surface area contributed by atoms with Crippen molar-refractivity contribution in [2.24, 2.45) is 0 Å². The number of hydrogen-bond acceptors (Lipinski definition) is 3. The number of rotatable bonds is 8. The average Bonchev–Trinajstić information content (AvgIpc) is 3.18. The van der Waals surface area contributed by atoms with Crippen LogP contribution in [0.3, 0.4) is 0 Å². The summed E-state index contributed by atoms with van der Waals surface area (Å²) in [4.78, 5) is 38.0. The Hall–Kier alpha value is -2.83. The van der Waals surface area contributed by atoms with Gasteiger partial charge in [-0.05, 0) is 55.3 Å². The van der Waals surface area contributed by atoms with Crippen LogP contribution in [-0.4, -0.2) is 33.4 Å². The van der Waals surface area contributed by atoms with E-state index in [1.54, 1.807) is 0 Å². The van der Waals surface area contributed by atoms with Crippen LogP contribution >= 0.6 is 0 Å². The molecule has 1 aromatic carbocycles. The summed E-state index contributed by atoms with van der Waals surface area (Å²) in [6.07, 6.45) is 2.01. The molecule has 0 aliphatic carbocycles. The average molecular weight is 371 g/mol. The fourth-order valence-corrected chi connectivity index (χ4v) is 3.70. The van der Waals surface area contributed by atoms with Gasteiger partial charge >= 0.3 is 5.97 Å². The molecule has 7 heteroatoms. The highest BCUT2D eigenvalue weighted by molar-refractivity contribution is 5.82. The molecule has 2 heterocycles. The van der Waals surface area contributed by atoms with Crippen molar-refractivity contribution >= 4 is 28.7 Å². The van der Waals surface area contributed by atoms with Crippen molar-refractivity contribution in [1.29, 1.82) is 0 Å². The maximum Gasteiger partial charge on any atom is 0.303 e. The van der Waals surface area contributed by atoms with Crippen molar-refractivity contribution in [3.63, 3.8) is 0 Å². The van der Waals surface area contributed by atoms with Gasteiger partial charge in [-0.3, -0.25) is 14.4 Å². The van der Waals surface area contributed by atoms with Gasteiger partial charge in [-0.2, -0.15) is 0 Å². The van der Waals surface area contributed by atoms with Gasteiger partial charge < -0.3 is 20.7 Å². The molecule has 3 rings (SSSR count). The van der Waals surface area contributed by atoms with Crippen molar-refractivity contribution in [3.05, 3.63) is 35.5 Å². The standard InChI is InChI=1S/C20H25N3O4/c1-13-10-15-11-14(2-3-16(15)22-13)12-21-17(24)4-7-20(9-6-19(26)27)8-5-18(25)23-20/h2-3,10-11,22H,4-9,12H2,1H3,(H,21,24)(H,23,25)(H,26,27)/t20-/m0/s1. The number of aromatic nitrogens is 1. The first-order chi connectivity index (χ1) is 12.8. The first-order valence-electron chi connectivity index (χ1n) is 9.23. The summed E-state index contributed by atoms with van der Waals surface area (Å²) >= 11 is 0. The molecule has 144 valence electrons. The fraction of sp³-hybridized carbons (Fsp3) is 0.450. The van der Waals surface area contributed by atoms with Gasteiger partial charge in [0.1, 0.15) is 0 Å². The van der Waals surface area contributed by atoms with Crippen molar-refractivity contribution < 1.29 is 19.5 Å². The van der Waals surface area contributed by atoms with Crippen LogP contribution in [0.2, 0.25) is 0 Å². The number of carboxylic acids is 1. The summed E-state index contributed by atoms with van der Waals surface area (Å²) in [5, 5.41) is 15.8. The minimum Gasteiger partial charge on any atom is -0.481 e. The van der Waals surface area contributed by atoms with Gasteiger partial charge in [0, 0.05) is 42.6 Å². The first kappa shape index (κ1) is 18.9. The Balaban J connectivity index is 1.52. The van der Waals surface area contributed by atoms with Gasteiger partial charge in [0.25, 0.3) is 0 Å². The van der Waals surface area contributed by atoms with Crippen LogP contribution in [-0.2, 0) is 20.9 Å². The second-order valence-electron chi connectivity index (χ2n) is 7.37. The Morgan fingerprint density at radius 3 is 2.70 bits per heavy atom. The minimum atomic E-state index is -0.893. The third-order valence-corrected chi connectivity index (χ3v) is 5.19. The Morgan fingerprint density at radius 2 is 2.00 bits per heavy atom. The van der Waals surface area contributed by atoms with Crippen LogP contribution in [0.15, 0.2) is 24.3 Å². The molecular formula is C20H25N3O4. The summed E-state index contributed by atoms with van der Waals surface area (Å²) in [6, 6.07) is 8.09. The number of carbonyl (C=O) groups is 3. The lowest BCUT2D eigenvalue weighted by molar-refractivity contribution is -0.137. The molecule has 0 spiro atoms. The second-order valence-corrected chi connectivity index (χ2v) is 7.37.